The van der Waals surface area contributed by atoms with Crippen molar-refractivity contribution < 1.29 is 9.15 Å². The van der Waals surface area contributed by atoms with Crippen molar-refractivity contribution >= 4 is 31.9 Å². The lowest BCUT2D eigenvalue weighted by atomic mass is 10.2. The summed E-state index contributed by atoms with van der Waals surface area (Å²) in [6.45, 7) is 7.43. The van der Waals surface area contributed by atoms with Crippen LogP contribution in [0.5, 0.6) is 5.75 Å². The summed E-state index contributed by atoms with van der Waals surface area (Å²) in [7, 11) is 0. The van der Waals surface area contributed by atoms with E-state index in [9.17, 15) is 0 Å². The van der Waals surface area contributed by atoms with Gasteiger partial charge in [0.15, 0.2) is 0 Å². The van der Waals surface area contributed by atoms with Crippen LogP contribution in [-0.4, -0.2) is 6.04 Å². The van der Waals surface area contributed by atoms with E-state index in [1.807, 2.05) is 25.1 Å². The molecule has 1 heterocycles. The second-order valence-electron chi connectivity index (χ2n) is 5.19. The van der Waals surface area contributed by atoms with Crippen molar-refractivity contribution in [2.45, 2.75) is 40.0 Å². The first-order chi connectivity index (χ1) is 9.95. The second kappa shape index (κ2) is 7.47. The van der Waals surface area contributed by atoms with Crippen molar-refractivity contribution in [1.82, 2.24) is 5.32 Å². The first-order valence-corrected chi connectivity index (χ1v) is 8.43. The molecule has 0 fully saturated rings. The fourth-order valence-electron chi connectivity index (χ4n) is 1.87. The molecule has 0 bridgehead atoms. The molecule has 2 rings (SSSR count). The highest BCUT2D eigenvalue weighted by Crippen LogP contribution is 2.29. The van der Waals surface area contributed by atoms with E-state index in [0.29, 0.717) is 12.6 Å². The summed E-state index contributed by atoms with van der Waals surface area (Å²) in [5, 5.41) is 3.34. The third-order valence-electron chi connectivity index (χ3n) is 3.03. The first-order valence-electron chi connectivity index (χ1n) is 6.85. The molecule has 1 aromatic heterocycles. The van der Waals surface area contributed by atoms with Gasteiger partial charge in [0.1, 0.15) is 23.9 Å². The summed E-state index contributed by atoms with van der Waals surface area (Å²) in [4.78, 5) is 0. The van der Waals surface area contributed by atoms with Crippen molar-refractivity contribution in [3.05, 3.63) is 50.3 Å². The Morgan fingerprint density at radius 1 is 1.24 bits per heavy atom. The minimum Gasteiger partial charge on any atom is -0.488 e. The Morgan fingerprint density at radius 2 is 2.00 bits per heavy atom. The van der Waals surface area contributed by atoms with Gasteiger partial charge in [0.25, 0.3) is 0 Å². The molecule has 0 aliphatic heterocycles. The van der Waals surface area contributed by atoms with E-state index in [1.54, 1.807) is 0 Å². The number of hydrogen-bond donors (Lipinski definition) is 1. The summed E-state index contributed by atoms with van der Waals surface area (Å²) < 4.78 is 13.5. The Hall–Kier alpha value is -0.780. The number of ether oxygens (including phenoxy) is 1. The molecule has 21 heavy (non-hydrogen) atoms. The first kappa shape index (κ1) is 16.6. The summed E-state index contributed by atoms with van der Waals surface area (Å²) in [6, 6.07) is 8.35. The maximum atomic E-state index is 5.85. The smallest absolute Gasteiger partial charge is 0.134 e. The fraction of sp³-hybridized carbons (Fsp3) is 0.375. The molecule has 0 atom stereocenters. The minimum absolute atomic E-state index is 0.439. The quantitative estimate of drug-likeness (QED) is 0.703. The number of aryl methyl sites for hydroxylation is 1. The molecule has 0 saturated carbocycles. The van der Waals surface area contributed by atoms with Crippen molar-refractivity contribution in [1.29, 1.82) is 0 Å². The molecule has 2 aromatic rings. The molecule has 0 aliphatic rings. The van der Waals surface area contributed by atoms with E-state index in [-0.39, 0.29) is 0 Å². The lowest BCUT2D eigenvalue weighted by Gasteiger charge is -2.07. The largest absolute Gasteiger partial charge is 0.488 e. The van der Waals surface area contributed by atoms with Gasteiger partial charge in [0.2, 0.25) is 0 Å². The Morgan fingerprint density at radius 3 is 2.67 bits per heavy atom. The molecule has 0 aliphatic carbocycles. The summed E-state index contributed by atoms with van der Waals surface area (Å²) in [5.41, 5.74) is 1.07. The van der Waals surface area contributed by atoms with Crippen molar-refractivity contribution in [3.63, 3.8) is 0 Å². The van der Waals surface area contributed by atoms with Gasteiger partial charge in [-0.1, -0.05) is 29.8 Å². The van der Waals surface area contributed by atoms with E-state index in [1.165, 1.54) is 0 Å². The van der Waals surface area contributed by atoms with Gasteiger partial charge in [-0.25, -0.2) is 0 Å². The third-order valence-corrected chi connectivity index (χ3v) is 4.15. The predicted octanol–water partition coefficient (Wildman–Crippen LogP) is 5.19. The van der Waals surface area contributed by atoms with Crippen LogP contribution in [-0.2, 0) is 13.2 Å². The zero-order valence-electron chi connectivity index (χ0n) is 12.4. The zero-order valence-corrected chi connectivity index (χ0v) is 15.5. The Balaban J connectivity index is 1.99. The molecule has 114 valence electrons. The lowest BCUT2D eigenvalue weighted by molar-refractivity contribution is 0.301. The van der Waals surface area contributed by atoms with Gasteiger partial charge >= 0.3 is 0 Å². The van der Waals surface area contributed by atoms with Crippen LogP contribution in [0.1, 0.15) is 30.9 Å². The Kier molecular flexibility index (Phi) is 5.90. The van der Waals surface area contributed by atoms with E-state index in [4.69, 9.17) is 9.15 Å². The van der Waals surface area contributed by atoms with Crippen LogP contribution in [0.25, 0.3) is 0 Å². The van der Waals surface area contributed by atoms with Gasteiger partial charge in [-0.05, 0) is 47.1 Å². The monoisotopic (exact) mass is 415 g/mol. The number of hydrogen-bond acceptors (Lipinski definition) is 3. The molecule has 0 radical (unpaired) electrons. The van der Waals surface area contributed by atoms with Crippen LogP contribution >= 0.6 is 31.9 Å². The maximum Gasteiger partial charge on any atom is 0.134 e. The van der Waals surface area contributed by atoms with Crippen LogP contribution in [0.3, 0.4) is 0 Å². The highest BCUT2D eigenvalue weighted by molar-refractivity contribution is 9.11. The molecular formula is C16H19Br2NO2. The molecule has 0 saturated heterocycles. The van der Waals surface area contributed by atoms with Crippen LogP contribution < -0.4 is 10.1 Å². The summed E-state index contributed by atoms with van der Waals surface area (Å²) >= 11 is 6.93. The van der Waals surface area contributed by atoms with Crippen LogP contribution in [0, 0.1) is 6.92 Å². The van der Waals surface area contributed by atoms with Gasteiger partial charge in [-0.15, -0.1) is 0 Å². The third kappa shape index (κ3) is 4.87. The maximum absolute atomic E-state index is 5.85. The Labute approximate surface area is 142 Å². The number of benzene rings is 1. The van der Waals surface area contributed by atoms with E-state index < -0.39 is 0 Å². The normalized spacial score (nSPS) is 11.1. The van der Waals surface area contributed by atoms with Gasteiger partial charge in [0.05, 0.1) is 11.0 Å². The topological polar surface area (TPSA) is 34.4 Å². The molecule has 1 aromatic carbocycles. The van der Waals surface area contributed by atoms with Gasteiger partial charge in [-0.3, -0.25) is 0 Å². The highest BCUT2D eigenvalue weighted by atomic mass is 79.9. The average molecular weight is 417 g/mol. The van der Waals surface area contributed by atoms with Crippen molar-refractivity contribution in [2.75, 3.05) is 0 Å². The molecule has 0 amide bonds. The van der Waals surface area contributed by atoms with Gasteiger partial charge < -0.3 is 14.5 Å². The number of rotatable bonds is 6. The van der Waals surface area contributed by atoms with Crippen molar-refractivity contribution in [2.24, 2.45) is 0 Å². The van der Waals surface area contributed by atoms with E-state index >= 15 is 0 Å². The van der Waals surface area contributed by atoms with E-state index in [2.05, 4.69) is 57.1 Å². The molecule has 3 nitrogen and oxygen atoms in total. The minimum atomic E-state index is 0.439. The molecular weight excluding hydrogens is 398 g/mol. The second-order valence-corrected chi connectivity index (χ2v) is 6.96. The standard InChI is InChI=1S/C16H19Br2NO2/c1-10(2)19-8-14-6-12(11(3)21-14)9-20-16-5-4-13(17)7-15(16)18/h4-7,10,19H,8-9H2,1-3H3. The number of halogens is 2. The van der Waals surface area contributed by atoms with Crippen molar-refractivity contribution in [3.8, 4) is 5.75 Å². The lowest BCUT2D eigenvalue weighted by Crippen LogP contribution is -2.21. The highest BCUT2D eigenvalue weighted by Gasteiger charge is 2.10. The zero-order chi connectivity index (χ0) is 15.4. The van der Waals surface area contributed by atoms with Crippen LogP contribution in [0.2, 0.25) is 0 Å². The van der Waals surface area contributed by atoms with E-state index in [0.717, 1.165) is 38.3 Å². The SMILES string of the molecule is Cc1oc(CNC(C)C)cc1COc1ccc(Br)cc1Br. The summed E-state index contributed by atoms with van der Waals surface area (Å²) in [5.74, 6) is 2.67. The average Bonchev–Trinajstić information content (AvgIpc) is 2.76. The molecule has 5 heteroatoms. The predicted molar refractivity (Wildman–Crippen MR) is 91.6 cm³/mol. The molecule has 1 N–H and O–H groups in total. The van der Waals surface area contributed by atoms with Crippen LogP contribution in [0.15, 0.2) is 37.6 Å². The fourth-order valence-corrected chi connectivity index (χ4v) is 3.03. The van der Waals surface area contributed by atoms with Gasteiger partial charge in [-0.2, -0.15) is 0 Å². The number of furan rings is 1. The Bertz CT molecular complexity index is 608. The summed E-state index contributed by atoms with van der Waals surface area (Å²) in [6.07, 6.45) is 0. The molecule has 0 spiro atoms. The van der Waals surface area contributed by atoms with Gasteiger partial charge in [0, 0.05) is 16.1 Å². The molecule has 0 unspecified atom stereocenters. The van der Waals surface area contributed by atoms with Crippen LogP contribution in [0.4, 0.5) is 0 Å². The number of nitrogens with one attached hydrogen (secondary N) is 1.